The first-order chi connectivity index (χ1) is 11.6. The van der Waals surface area contributed by atoms with E-state index in [9.17, 15) is 4.79 Å². The molecule has 4 rings (SSSR count). The third kappa shape index (κ3) is 2.78. The lowest BCUT2D eigenvalue weighted by molar-refractivity contribution is 0.0766. The molecule has 24 heavy (non-hydrogen) atoms. The summed E-state index contributed by atoms with van der Waals surface area (Å²) in [4.78, 5) is 20.2. The Morgan fingerprint density at radius 3 is 2.62 bits per heavy atom. The molecule has 1 fully saturated rings. The van der Waals surface area contributed by atoms with Gasteiger partial charge in [0.25, 0.3) is 5.91 Å². The number of fused-ring (bicyclic) bond motifs is 3. The summed E-state index contributed by atoms with van der Waals surface area (Å²) in [6.07, 6.45) is 4.63. The summed E-state index contributed by atoms with van der Waals surface area (Å²) in [6, 6.07) is 8.07. The third-order valence-corrected chi connectivity index (χ3v) is 6.12. The van der Waals surface area contributed by atoms with Gasteiger partial charge in [0.05, 0.1) is 10.4 Å². The molecule has 0 atom stereocenters. The number of hydrogen-bond acceptors (Lipinski definition) is 3. The van der Waals surface area contributed by atoms with Crippen LogP contribution in [0.3, 0.4) is 0 Å². The van der Waals surface area contributed by atoms with Gasteiger partial charge in [-0.2, -0.15) is 0 Å². The lowest BCUT2D eigenvalue weighted by Gasteiger charge is -2.19. The van der Waals surface area contributed by atoms with Crippen LogP contribution in [-0.2, 0) is 0 Å². The second-order valence-electron chi connectivity index (χ2n) is 6.48. The van der Waals surface area contributed by atoms with Crippen LogP contribution in [0.5, 0.6) is 0 Å². The fourth-order valence-corrected chi connectivity index (χ4v) is 4.82. The number of halogens is 1. The smallest absolute Gasteiger partial charge is 0.263 e. The molecular formula is C19H19ClN2OS. The van der Waals surface area contributed by atoms with Gasteiger partial charge >= 0.3 is 0 Å². The zero-order chi connectivity index (χ0) is 16.7. The standard InChI is InChI=1S/C19H19ClN2OS/c1-12-6-7-15-13(10-12)17-14(18(20)21-15)11-16(24-17)19(23)22-8-4-2-3-5-9-22/h6-7,10-11H,2-5,8-9H2,1H3. The Labute approximate surface area is 150 Å². The van der Waals surface area contributed by atoms with E-state index in [1.807, 2.05) is 23.1 Å². The van der Waals surface area contributed by atoms with Gasteiger partial charge in [-0.25, -0.2) is 4.98 Å². The van der Waals surface area contributed by atoms with Crippen molar-refractivity contribution in [1.82, 2.24) is 9.88 Å². The summed E-state index contributed by atoms with van der Waals surface area (Å²) in [6.45, 7) is 3.79. The molecule has 1 amide bonds. The van der Waals surface area contributed by atoms with Gasteiger partial charge in [0.2, 0.25) is 0 Å². The highest BCUT2D eigenvalue weighted by atomic mass is 35.5. The Morgan fingerprint density at radius 1 is 1.12 bits per heavy atom. The number of benzene rings is 1. The Morgan fingerprint density at radius 2 is 1.88 bits per heavy atom. The maximum atomic E-state index is 12.9. The fourth-order valence-electron chi connectivity index (χ4n) is 3.37. The zero-order valence-electron chi connectivity index (χ0n) is 13.6. The Bertz CT molecular complexity index is 926. The molecule has 0 aliphatic carbocycles. The monoisotopic (exact) mass is 358 g/mol. The lowest BCUT2D eigenvalue weighted by atomic mass is 10.1. The molecule has 3 nitrogen and oxygen atoms in total. The van der Waals surface area contributed by atoms with Crippen LogP contribution in [0.25, 0.3) is 21.0 Å². The molecule has 0 radical (unpaired) electrons. The second kappa shape index (κ2) is 6.34. The Hall–Kier alpha value is -1.65. The van der Waals surface area contributed by atoms with Gasteiger partial charge in [0.15, 0.2) is 0 Å². The van der Waals surface area contributed by atoms with E-state index in [0.29, 0.717) is 5.15 Å². The van der Waals surface area contributed by atoms with E-state index >= 15 is 0 Å². The van der Waals surface area contributed by atoms with Crippen molar-refractivity contribution in [2.45, 2.75) is 32.6 Å². The molecule has 1 aromatic carbocycles. The number of thiophene rings is 1. The topological polar surface area (TPSA) is 33.2 Å². The van der Waals surface area contributed by atoms with E-state index in [0.717, 1.165) is 51.8 Å². The van der Waals surface area contributed by atoms with E-state index < -0.39 is 0 Å². The number of likely N-dealkylation sites (tertiary alicyclic amines) is 1. The number of aryl methyl sites for hydroxylation is 1. The van der Waals surface area contributed by atoms with Gasteiger partial charge in [0.1, 0.15) is 5.15 Å². The van der Waals surface area contributed by atoms with Gasteiger partial charge < -0.3 is 4.90 Å². The average molecular weight is 359 g/mol. The Kier molecular flexibility index (Phi) is 4.19. The minimum atomic E-state index is 0.134. The molecule has 0 saturated carbocycles. The van der Waals surface area contributed by atoms with Crippen LogP contribution in [0.15, 0.2) is 24.3 Å². The fraction of sp³-hybridized carbons (Fsp3) is 0.368. The predicted molar refractivity (Wildman–Crippen MR) is 101 cm³/mol. The molecule has 5 heteroatoms. The van der Waals surface area contributed by atoms with Crippen molar-refractivity contribution in [2.24, 2.45) is 0 Å². The van der Waals surface area contributed by atoms with Crippen molar-refractivity contribution in [3.8, 4) is 0 Å². The van der Waals surface area contributed by atoms with Crippen LogP contribution in [0.1, 0.15) is 40.9 Å². The quantitative estimate of drug-likeness (QED) is 0.543. The third-order valence-electron chi connectivity index (χ3n) is 4.67. The molecule has 1 aliphatic rings. The van der Waals surface area contributed by atoms with Crippen molar-refractivity contribution >= 4 is 49.8 Å². The van der Waals surface area contributed by atoms with Crippen molar-refractivity contribution in [3.63, 3.8) is 0 Å². The molecule has 0 N–H and O–H groups in total. The van der Waals surface area contributed by atoms with E-state index in [1.165, 1.54) is 18.4 Å². The van der Waals surface area contributed by atoms with Gasteiger partial charge in [0, 0.05) is 28.6 Å². The van der Waals surface area contributed by atoms with Gasteiger partial charge in [-0.15, -0.1) is 11.3 Å². The number of carbonyl (C=O) groups excluding carboxylic acids is 1. The first-order valence-electron chi connectivity index (χ1n) is 8.42. The zero-order valence-corrected chi connectivity index (χ0v) is 15.2. The van der Waals surface area contributed by atoms with Crippen LogP contribution in [0.2, 0.25) is 5.15 Å². The maximum absolute atomic E-state index is 12.9. The van der Waals surface area contributed by atoms with E-state index in [4.69, 9.17) is 11.6 Å². The number of nitrogens with zero attached hydrogens (tertiary/aromatic N) is 2. The van der Waals surface area contributed by atoms with Crippen molar-refractivity contribution < 1.29 is 4.79 Å². The number of carbonyl (C=O) groups is 1. The highest BCUT2D eigenvalue weighted by Crippen LogP contribution is 2.36. The van der Waals surface area contributed by atoms with Crippen LogP contribution in [0, 0.1) is 6.92 Å². The van der Waals surface area contributed by atoms with Gasteiger partial charge in [-0.3, -0.25) is 4.79 Å². The van der Waals surface area contributed by atoms with Crippen LogP contribution in [-0.4, -0.2) is 28.9 Å². The molecular weight excluding hydrogens is 340 g/mol. The number of aromatic nitrogens is 1. The summed E-state index contributed by atoms with van der Waals surface area (Å²) < 4.78 is 1.06. The first kappa shape index (κ1) is 15.9. The minimum absolute atomic E-state index is 0.134. The highest BCUT2D eigenvalue weighted by Gasteiger charge is 2.21. The number of pyridine rings is 1. The summed E-state index contributed by atoms with van der Waals surface area (Å²) >= 11 is 7.92. The molecule has 3 heterocycles. The van der Waals surface area contributed by atoms with E-state index in [2.05, 4.69) is 18.0 Å². The maximum Gasteiger partial charge on any atom is 0.263 e. The normalized spacial score (nSPS) is 15.8. The lowest BCUT2D eigenvalue weighted by Crippen LogP contribution is -2.31. The SMILES string of the molecule is Cc1ccc2nc(Cl)c3cc(C(=O)N4CCCCCC4)sc3c2c1. The summed E-state index contributed by atoms with van der Waals surface area (Å²) in [5.74, 6) is 0.134. The van der Waals surface area contributed by atoms with Crippen molar-refractivity contribution in [3.05, 3.63) is 39.9 Å². The Balaban J connectivity index is 1.82. The van der Waals surface area contributed by atoms with Gasteiger partial charge in [-0.1, -0.05) is 36.1 Å². The van der Waals surface area contributed by atoms with Crippen LogP contribution >= 0.6 is 22.9 Å². The summed E-state index contributed by atoms with van der Waals surface area (Å²) in [5.41, 5.74) is 2.07. The van der Waals surface area contributed by atoms with Crippen LogP contribution < -0.4 is 0 Å². The van der Waals surface area contributed by atoms with Gasteiger partial charge in [-0.05, 0) is 38.0 Å². The first-order valence-corrected chi connectivity index (χ1v) is 9.61. The summed E-state index contributed by atoms with van der Waals surface area (Å²) in [7, 11) is 0. The van der Waals surface area contributed by atoms with Crippen molar-refractivity contribution in [1.29, 1.82) is 0 Å². The number of hydrogen-bond donors (Lipinski definition) is 0. The predicted octanol–water partition coefficient (Wildman–Crippen LogP) is 5.43. The molecule has 0 spiro atoms. The molecule has 124 valence electrons. The van der Waals surface area contributed by atoms with E-state index in [-0.39, 0.29) is 5.91 Å². The molecule has 1 aliphatic heterocycles. The molecule has 2 aromatic heterocycles. The largest absolute Gasteiger partial charge is 0.338 e. The minimum Gasteiger partial charge on any atom is -0.338 e. The summed E-state index contributed by atoms with van der Waals surface area (Å²) in [5, 5.41) is 2.44. The molecule has 1 saturated heterocycles. The van der Waals surface area contributed by atoms with Crippen molar-refractivity contribution in [2.75, 3.05) is 13.1 Å². The number of rotatable bonds is 1. The van der Waals surface area contributed by atoms with Crippen LogP contribution in [0.4, 0.5) is 0 Å². The van der Waals surface area contributed by atoms with E-state index in [1.54, 1.807) is 11.3 Å². The second-order valence-corrected chi connectivity index (χ2v) is 7.89. The highest BCUT2D eigenvalue weighted by molar-refractivity contribution is 7.21. The average Bonchev–Trinajstić information content (AvgIpc) is 2.85. The molecule has 3 aromatic rings. The number of amides is 1. The molecule has 0 bridgehead atoms. The molecule has 0 unspecified atom stereocenters.